The highest BCUT2D eigenvalue weighted by Gasteiger charge is 2.05. The highest BCUT2D eigenvalue weighted by Crippen LogP contribution is 2.23. The monoisotopic (exact) mass is 255 g/mol. The van der Waals surface area contributed by atoms with Gasteiger partial charge in [-0.3, -0.25) is 0 Å². The smallest absolute Gasteiger partial charge is 0.120 e. The molecule has 0 radical (unpaired) electrons. The summed E-state index contributed by atoms with van der Waals surface area (Å²) in [6.07, 6.45) is 1.00. The Kier molecular flexibility index (Phi) is 4.99. The molecule has 2 rings (SSSR count). The molecule has 2 aromatic carbocycles. The van der Waals surface area contributed by atoms with E-state index in [0.717, 1.165) is 18.7 Å². The first-order valence-electron chi connectivity index (χ1n) is 6.76. The van der Waals surface area contributed by atoms with E-state index in [9.17, 15) is 0 Å². The molecule has 2 heteroatoms. The summed E-state index contributed by atoms with van der Waals surface area (Å²) in [5.41, 5.74) is 8.08. The number of hydrogen-bond acceptors (Lipinski definition) is 2. The highest BCUT2D eigenvalue weighted by atomic mass is 16.5. The fourth-order valence-corrected chi connectivity index (χ4v) is 2.07. The van der Waals surface area contributed by atoms with E-state index in [1.807, 2.05) is 30.3 Å². The zero-order chi connectivity index (χ0) is 13.5. The molecule has 0 aliphatic carbocycles. The number of rotatable bonds is 6. The van der Waals surface area contributed by atoms with Crippen LogP contribution < -0.4 is 10.5 Å². The van der Waals surface area contributed by atoms with E-state index in [2.05, 4.69) is 31.2 Å². The lowest BCUT2D eigenvalue weighted by Crippen LogP contribution is -2.04. The number of hydrogen-bond donors (Lipinski definition) is 1. The van der Waals surface area contributed by atoms with Crippen LogP contribution >= 0.6 is 0 Å². The normalized spacial score (nSPS) is 12.1. The van der Waals surface area contributed by atoms with E-state index in [1.54, 1.807) is 0 Å². The van der Waals surface area contributed by atoms with Crippen molar-refractivity contribution >= 4 is 0 Å². The molecule has 0 aromatic heterocycles. The van der Waals surface area contributed by atoms with Crippen LogP contribution in [0.4, 0.5) is 0 Å². The van der Waals surface area contributed by atoms with E-state index < -0.39 is 0 Å². The van der Waals surface area contributed by atoms with Gasteiger partial charge in [0.2, 0.25) is 0 Å². The molecule has 0 aliphatic heterocycles. The zero-order valence-corrected chi connectivity index (χ0v) is 11.4. The molecule has 1 unspecified atom stereocenters. The zero-order valence-electron chi connectivity index (χ0n) is 11.4. The maximum atomic E-state index is 5.83. The molecular weight excluding hydrogens is 234 g/mol. The summed E-state index contributed by atoms with van der Waals surface area (Å²) in [4.78, 5) is 0. The molecule has 2 nitrogen and oxygen atoms in total. The van der Waals surface area contributed by atoms with Crippen molar-refractivity contribution in [2.75, 3.05) is 6.54 Å². The Morgan fingerprint density at radius 3 is 2.58 bits per heavy atom. The minimum atomic E-state index is 0.477. The standard InChI is InChI=1S/C17H21NO/c1-14(10-11-18)16-8-5-9-17(12-16)19-13-15-6-3-2-4-7-15/h2-9,12,14H,10-11,13,18H2,1H3. The van der Waals surface area contributed by atoms with E-state index >= 15 is 0 Å². The van der Waals surface area contributed by atoms with Crippen LogP contribution in [0.5, 0.6) is 5.75 Å². The molecule has 0 amide bonds. The van der Waals surface area contributed by atoms with Gasteiger partial charge < -0.3 is 10.5 Å². The molecule has 19 heavy (non-hydrogen) atoms. The third-order valence-corrected chi connectivity index (χ3v) is 3.28. The van der Waals surface area contributed by atoms with Crippen LogP contribution in [0.2, 0.25) is 0 Å². The lowest BCUT2D eigenvalue weighted by molar-refractivity contribution is 0.305. The van der Waals surface area contributed by atoms with Gasteiger partial charge in [-0.1, -0.05) is 49.4 Å². The first kappa shape index (κ1) is 13.6. The largest absolute Gasteiger partial charge is 0.489 e. The van der Waals surface area contributed by atoms with E-state index in [4.69, 9.17) is 10.5 Å². The Morgan fingerprint density at radius 1 is 1.05 bits per heavy atom. The average molecular weight is 255 g/mol. The quantitative estimate of drug-likeness (QED) is 0.854. The van der Waals surface area contributed by atoms with Crippen LogP contribution in [-0.2, 0) is 6.61 Å². The van der Waals surface area contributed by atoms with Gasteiger partial charge in [-0.15, -0.1) is 0 Å². The molecular formula is C17H21NO. The van der Waals surface area contributed by atoms with Crippen LogP contribution in [0.25, 0.3) is 0 Å². The predicted octanol–water partition coefficient (Wildman–Crippen LogP) is 3.72. The average Bonchev–Trinajstić information content (AvgIpc) is 2.47. The minimum absolute atomic E-state index is 0.477. The second kappa shape index (κ2) is 6.95. The predicted molar refractivity (Wildman–Crippen MR) is 79.3 cm³/mol. The minimum Gasteiger partial charge on any atom is -0.489 e. The fraction of sp³-hybridized carbons (Fsp3) is 0.294. The molecule has 0 fully saturated rings. The van der Waals surface area contributed by atoms with Gasteiger partial charge in [-0.2, -0.15) is 0 Å². The van der Waals surface area contributed by atoms with Crippen molar-refractivity contribution in [3.63, 3.8) is 0 Å². The van der Waals surface area contributed by atoms with Gasteiger partial charge >= 0.3 is 0 Å². The summed E-state index contributed by atoms with van der Waals surface area (Å²) >= 11 is 0. The first-order valence-corrected chi connectivity index (χ1v) is 6.76. The lowest BCUT2D eigenvalue weighted by atomic mass is 9.98. The van der Waals surface area contributed by atoms with Crippen molar-refractivity contribution in [1.82, 2.24) is 0 Å². The second-order valence-corrected chi connectivity index (χ2v) is 4.83. The molecule has 2 N–H and O–H groups in total. The molecule has 0 heterocycles. The van der Waals surface area contributed by atoms with E-state index in [0.29, 0.717) is 12.5 Å². The molecule has 0 bridgehead atoms. The number of benzene rings is 2. The maximum absolute atomic E-state index is 5.83. The Morgan fingerprint density at radius 2 is 1.84 bits per heavy atom. The number of ether oxygens (including phenoxy) is 1. The Balaban J connectivity index is 1.99. The summed E-state index contributed by atoms with van der Waals surface area (Å²) in [6, 6.07) is 18.5. The van der Waals surface area contributed by atoms with Crippen LogP contribution in [0.1, 0.15) is 30.4 Å². The van der Waals surface area contributed by atoms with Gasteiger partial charge in [-0.05, 0) is 42.1 Å². The second-order valence-electron chi connectivity index (χ2n) is 4.83. The van der Waals surface area contributed by atoms with Gasteiger partial charge in [-0.25, -0.2) is 0 Å². The van der Waals surface area contributed by atoms with Crippen molar-refractivity contribution in [1.29, 1.82) is 0 Å². The maximum Gasteiger partial charge on any atom is 0.120 e. The Hall–Kier alpha value is -1.80. The molecule has 0 saturated carbocycles. The summed E-state index contributed by atoms with van der Waals surface area (Å²) in [5, 5.41) is 0. The molecule has 0 saturated heterocycles. The van der Waals surface area contributed by atoms with Gasteiger partial charge in [0.1, 0.15) is 12.4 Å². The van der Waals surface area contributed by atoms with Crippen molar-refractivity contribution in [3.8, 4) is 5.75 Å². The number of nitrogens with two attached hydrogens (primary N) is 1. The summed E-state index contributed by atoms with van der Waals surface area (Å²) < 4.78 is 5.83. The lowest BCUT2D eigenvalue weighted by Gasteiger charge is -2.12. The topological polar surface area (TPSA) is 35.2 Å². The van der Waals surface area contributed by atoms with Crippen molar-refractivity contribution in [2.24, 2.45) is 5.73 Å². The van der Waals surface area contributed by atoms with Crippen LogP contribution in [0, 0.1) is 0 Å². The fourth-order valence-electron chi connectivity index (χ4n) is 2.07. The van der Waals surface area contributed by atoms with Crippen molar-refractivity contribution in [3.05, 3.63) is 65.7 Å². The summed E-state index contributed by atoms with van der Waals surface area (Å²) in [6.45, 7) is 3.52. The van der Waals surface area contributed by atoms with E-state index in [1.165, 1.54) is 11.1 Å². The highest BCUT2D eigenvalue weighted by molar-refractivity contribution is 5.31. The molecule has 100 valence electrons. The SMILES string of the molecule is CC(CCN)c1cccc(OCc2ccccc2)c1. The van der Waals surface area contributed by atoms with Crippen molar-refractivity contribution < 1.29 is 4.74 Å². The Labute approximate surface area is 115 Å². The van der Waals surface area contributed by atoms with Crippen LogP contribution in [0.3, 0.4) is 0 Å². The van der Waals surface area contributed by atoms with Crippen LogP contribution in [-0.4, -0.2) is 6.54 Å². The molecule has 2 aromatic rings. The summed E-state index contributed by atoms with van der Waals surface area (Å²) in [5.74, 6) is 1.40. The molecule has 0 aliphatic rings. The molecule has 0 spiro atoms. The van der Waals surface area contributed by atoms with Gasteiger partial charge in [0, 0.05) is 0 Å². The molecule has 1 atom stereocenters. The van der Waals surface area contributed by atoms with Gasteiger partial charge in [0.15, 0.2) is 0 Å². The first-order chi connectivity index (χ1) is 9.29. The van der Waals surface area contributed by atoms with Crippen LogP contribution in [0.15, 0.2) is 54.6 Å². The summed E-state index contributed by atoms with van der Waals surface area (Å²) in [7, 11) is 0. The van der Waals surface area contributed by atoms with Gasteiger partial charge in [0.05, 0.1) is 0 Å². The van der Waals surface area contributed by atoms with E-state index in [-0.39, 0.29) is 0 Å². The Bertz CT molecular complexity index is 496. The third-order valence-electron chi connectivity index (χ3n) is 3.28. The third kappa shape index (κ3) is 4.11. The van der Waals surface area contributed by atoms with Gasteiger partial charge in [0.25, 0.3) is 0 Å². The van der Waals surface area contributed by atoms with Crippen molar-refractivity contribution in [2.45, 2.75) is 25.9 Å².